The summed E-state index contributed by atoms with van der Waals surface area (Å²) in [6.45, 7) is 2.26. The minimum atomic E-state index is 0.578. The lowest BCUT2D eigenvalue weighted by Crippen LogP contribution is -2.18. The summed E-state index contributed by atoms with van der Waals surface area (Å²) in [5, 5.41) is 0. The van der Waals surface area contributed by atoms with Gasteiger partial charge in [0.25, 0.3) is 0 Å². The van der Waals surface area contributed by atoms with Crippen LogP contribution in [0.5, 0.6) is 0 Å². The zero-order chi connectivity index (χ0) is 5.28. The van der Waals surface area contributed by atoms with Crippen LogP contribution in [0, 0.1) is 5.92 Å². The van der Waals surface area contributed by atoms with Gasteiger partial charge in [-0.05, 0) is 17.4 Å². The molecule has 0 aromatic heterocycles. The summed E-state index contributed by atoms with van der Waals surface area (Å²) >= 11 is 0. The molecule has 0 aromatic rings. The van der Waals surface area contributed by atoms with E-state index in [1.165, 1.54) is 17.9 Å². The smallest absolute Gasteiger partial charge is 0.00866 e. The first kappa shape index (κ1) is 5.36. The molecule has 0 amide bonds. The van der Waals surface area contributed by atoms with Gasteiger partial charge < -0.3 is 0 Å². The minimum absolute atomic E-state index is 0.578. The van der Waals surface area contributed by atoms with Crippen molar-refractivity contribution < 1.29 is 0 Å². The number of hydrogen-bond acceptors (Lipinski definition) is 0. The van der Waals surface area contributed by atoms with Crippen LogP contribution >= 0.6 is 10.5 Å². The summed E-state index contributed by atoms with van der Waals surface area (Å²) in [7, 11) is 0.578. The molecule has 1 heteroatoms. The molecular weight excluding hydrogens is 104 g/mol. The Morgan fingerprint density at radius 2 is 2.29 bits per heavy atom. The van der Waals surface area contributed by atoms with Crippen LogP contribution in [0.1, 0.15) is 13.3 Å². The van der Waals surface area contributed by atoms with Crippen LogP contribution in [0.25, 0.3) is 0 Å². The quantitative estimate of drug-likeness (QED) is 0.458. The van der Waals surface area contributed by atoms with Gasteiger partial charge in [-0.25, -0.2) is 0 Å². The highest BCUT2D eigenvalue weighted by Gasteiger charge is 2.17. The van der Waals surface area contributed by atoms with Gasteiger partial charge in [-0.3, -0.25) is 0 Å². The molecular formula is C6H12S. The molecule has 0 radical (unpaired) electrons. The highest BCUT2D eigenvalue weighted by Crippen LogP contribution is 2.32. The molecule has 0 unspecified atom stereocenters. The van der Waals surface area contributed by atoms with Crippen LogP contribution in [0.15, 0.2) is 0 Å². The second kappa shape index (κ2) is 1.99. The lowest BCUT2D eigenvalue weighted by Gasteiger charge is -2.27. The Morgan fingerprint density at radius 3 is 2.43 bits per heavy atom. The molecule has 0 bridgehead atoms. The molecule has 1 fully saturated rings. The van der Waals surface area contributed by atoms with Crippen molar-refractivity contribution in [1.82, 2.24) is 0 Å². The standard InChI is InChI=1S/C6H12S/c1-3-6-4-7(2)5-6/h6H,2-5H2,1H3. The molecule has 42 valence electrons. The van der Waals surface area contributed by atoms with Crippen molar-refractivity contribution in [3.63, 3.8) is 0 Å². The molecule has 1 heterocycles. The summed E-state index contributed by atoms with van der Waals surface area (Å²) in [4.78, 5) is 0. The Balaban J connectivity index is 2.17. The normalized spacial score (nSPS) is 40.1. The van der Waals surface area contributed by atoms with Gasteiger partial charge in [-0.2, -0.15) is 10.5 Å². The zero-order valence-electron chi connectivity index (χ0n) is 4.81. The maximum Gasteiger partial charge on any atom is -0.00866 e. The largest absolute Gasteiger partial charge is 0.192 e. The first-order valence-electron chi connectivity index (χ1n) is 2.80. The van der Waals surface area contributed by atoms with E-state index in [-0.39, 0.29) is 0 Å². The third-order valence-corrected chi connectivity index (χ3v) is 3.41. The summed E-state index contributed by atoms with van der Waals surface area (Å²) in [6, 6.07) is 0. The van der Waals surface area contributed by atoms with E-state index in [4.69, 9.17) is 0 Å². The van der Waals surface area contributed by atoms with E-state index in [0.29, 0.717) is 10.5 Å². The van der Waals surface area contributed by atoms with E-state index in [1.807, 2.05) is 0 Å². The van der Waals surface area contributed by atoms with Gasteiger partial charge in [0.15, 0.2) is 0 Å². The third kappa shape index (κ3) is 1.06. The Morgan fingerprint density at radius 1 is 1.71 bits per heavy atom. The van der Waals surface area contributed by atoms with Crippen molar-refractivity contribution in [3.8, 4) is 0 Å². The SMILES string of the molecule is C=S1CC(CC)C1. The second-order valence-electron chi connectivity index (χ2n) is 2.22. The lowest BCUT2D eigenvalue weighted by atomic mass is 10.1. The predicted octanol–water partition coefficient (Wildman–Crippen LogP) is 1.73. The van der Waals surface area contributed by atoms with Gasteiger partial charge in [-0.15, -0.1) is 0 Å². The van der Waals surface area contributed by atoms with E-state index < -0.39 is 0 Å². The van der Waals surface area contributed by atoms with Crippen molar-refractivity contribution in [1.29, 1.82) is 0 Å². The molecule has 1 rings (SSSR count). The Labute approximate surface area is 47.9 Å². The fraction of sp³-hybridized carbons (Fsp3) is 0.833. The van der Waals surface area contributed by atoms with Crippen LogP contribution in [0.3, 0.4) is 0 Å². The van der Waals surface area contributed by atoms with Crippen LogP contribution in [-0.2, 0) is 0 Å². The van der Waals surface area contributed by atoms with Crippen molar-refractivity contribution in [2.75, 3.05) is 11.5 Å². The van der Waals surface area contributed by atoms with E-state index in [0.717, 1.165) is 5.92 Å². The van der Waals surface area contributed by atoms with E-state index in [9.17, 15) is 0 Å². The molecule has 1 aliphatic rings. The van der Waals surface area contributed by atoms with Gasteiger partial charge in [0.05, 0.1) is 0 Å². The molecule has 1 aliphatic heterocycles. The van der Waals surface area contributed by atoms with Gasteiger partial charge in [0.1, 0.15) is 0 Å². The molecule has 0 aliphatic carbocycles. The van der Waals surface area contributed by atoms with Crippen molar-refractivity contribution in [2.24, 2.45) is 5.92 Å². The minimum Gasteiger partial charge on any atom is -0.192 e. The van der Waals surface area contributed by atoms with Gasteiger partial charge in [0.2, 0.25) is 0 Å². The monoisotopic (exact) mass is 116 g/mol. The van der Waals surface area contributed by atoms with Crippen molar-refractivity contribution in [3.05, 3.63) is 0 Å². The topological polar surface area (TPSA) is 0 Å². The Bertz CT molecular complexity index is 78.2. The molecule has 7 heavy (non-hydrogen) atoms. The second-order valence-corrected chi connectivity index (χ2v) is 4.11. The zero-order valence-corrected chi connectivity index (χ0v) is 5.63. The van der Waals surface area contributed by atoms with Crippen molar-refractivity contribution in [2.45, 2.75) is 13.3 Å². The van der Waals surface area contributed by atoms with Crippen LogP contribution in [-0.4, -0.2) is 17.4 Å². The fourth-order valence-electron chi connectivity index (χ4n) is 0.854. The number of hydrogen-bond donors (Lipinski definition) is 0. The van der Waals surface area contributed by atoms with Gasteiger partial charge >= 0.3 is 0 Å². The predicted molar refractivity (Wildman–Crippen MR) is 38.2 cm³/mol. The van der Waals surface area contributed by atoms with Crippen LogP contribution < -0.4 is 0 Å². The maximum atomic E-state index is 3.97. The highest BCUT2D eigenvalue weighted by atomic mass is 32.2. The maximum absolute atomic E-state index is 3.97. The summed E-state index contributed by atoms with van der Waals surface area (Å²) in [5.74, 6) is 7.84. The number of rotatable bonds is 1. The highest BCUT2D eigenvalue weighted by molar-refractivity contribution is 8.15. The molecule has 0 atom stereocenters. The average molecular weight is 116 g/mol. The van der Waals surface area contributed by atoms with Crippen LogP contribution in [0.4, 0.5) is 0 Å². The van der Waals surface area contributed by atoms with Gasteiger partial charge in [0, 0.05) is 0 Å². The first-order chi connectivity index (χ1) is 3.33. The molecule has 0 spiro atoms. The van der Waals surface area contributed by atoms with Gasteiger partial charge in [-0.1, -0.05) is 19.2 Å². The fourth-order valence-corrected chi connectivity index (χ4v) is 2.56. The third-order valence-electron chi connectivity index (χ3n) is 1.52. The molecule has 0 saturated carbocycles. The summed E-state index contributed by atoms with van der Waals surface area (Å²) in [6.07, 6.45) is 1.37. The van der Waals surface area contributed by atoms with E-state index >= 15 is 0 Å². The molecule has 0 N–H and O–H groups in total. The van der Waals surface area contributed by atoms with Crippen LogP contribution in [0.2, 0.25) is 0 Å². The van der Waals surface area contributed by atoms with Crippen molar-refractivity contribution >= 4 is 16.4 Å². The summed E-state index contributed by atoms with van der Waals surface area (Å²) in [5.41, 5.74) is 0. The Kier molecular flexibility index (Phi) is 1.53. The molecule has 0 aromatic carbocycles. The average Bonchev–Trinajstić information content (AvgIpc) is 1.58. The first-order valence-corrected chi connectivity index (χ1v) is 4.53. The van der Waals surface area contributed by atoms with E-state index in [2.05, 4.69) is 12.8 Å². The molecule has 0 nitrogen and oxygen atoms in total. The Hall–Kier alpha value is 0.220. The lowest BCUT2D eigenvalue weighted by molar-refractivity contribution is 0.615. The van der Waals surface area contributed by atoms with E-state index in [1.54, 1.807) is 0 Å². The molecule has 1 saturated heterocycles. The summed E-state index contributed by atoms with van der Waals surface area (Å²) < 4.78 is 0.